The Morgan fingerprint density at radius 3 is 2.53 bits per heavy atom. The third-order valence-electron chi connectivity index (χ3n) is 3.77. The minimum atomic E-state index is -0.0387. The molecule has 0 spiro atoms. The lowest BCUT2D eigenvalue weighted by molar-refractivity contribution is 0.118. The normalized spacial score (nSPS) is 28.6. The van der Waals surface area contributed by atoms with Crippen LogP contribution in [0, 0.1) is 0 Å². The van der Waals surface area contributed by atoms with Gasteiger partial charge in [-0.3, -0.25) is 4.90 Å². The zero-order valence-corrected chi connectivity index (χ0v) is 10.6. The SMILES string of the molecule is CCCCN(C(C)CC)C1CCC(O)C1. The van der Waals surface area contributed by atoms with Crippen molar-refractivity contribution in [1.29, 1.82) is 0 Å². The van der Waals surface area contributed by atoms with Crippen LogP contribution in [-0.2, 0) is 0 Å². The van der Waals surface area contributed by atoms with Gasteiger partial charge in [0, 0.05) is 12.1 Å². The number of aliphatic hydroxyl groups excluding tert-OH is 1. The fraction of sp³-hybridized carbons (Fsp3) is 1.00. The summed E-state index contributed by atoms with van der Waals surface area (Å²) < 4.78 is 0. The van der Waals surface area contributed by atoms with Crippen LogP contribution in [0.2, 0.25) is 0 Å². The maximum absolute atomic E-state index is 9.60. The fourth-order valence-corrected chi connectivity index (χ4v) is 2.57. The topological polar surface area (TPSA) is 23.5 Å². The lowest BCUT2D eigenvalue weighted by Gasteiger charge is -2.34. The number of nitrogens with zero attached hydrogens (tertiary/aromatic N) is 1. The largest absolute Gasteiger partial charge is 0.393 e. The number of unbranched alkanes of at least 4 members (excludes halogenated alkanes) is 1. The first-order chi connectivity index (χ1) is 7.19. The van der Waals surface area contributed by atoms with E-state index < -0.39 is 0 Å². The van der Waals surface area contributed by atoms with Gasteiger partial charge in [0.05, 0.1) is 6.10 Å². The molecule has 90 valence electrons. The Morgan fingerprint density at radius 1 is 1.33 bits per heavy atom. The molecule has 3 unspecified atom stereocenters. The monoisotopic (exact) mass is 213 g/mol. The molecule has 1 N–H and O–H groups in total. The number of aliphatic hydroxyl groups is 1. The van der Waals surface area contributed by atoms with Gasteiger partial charge in [0.15, 0.2) is 0 Å². The van der Waals surface area contributed by atoms with Crippen LogP contribution in [0.15, 0.2) is 0 Å². The highest BCUT2D eigenvalue weighted by Crippen LogP contribution is 2.26. The van der Waals surface area contributed by atoms with Crippen LogP contribution in [0.25, 0.3) is 0 Å². The second-order valence-electron chi connectivity index (χ2n) is 4.97. The lowest BCUT2D eigenvalue weighted by Crippen LogP contribution is -2.41. The summed E-state index contributed by atoms with van der Waals surface area (Å²) in [5.74, 6) is 0. The van der Waals surface area contributed by atoms with Crippen molar-refractivity contribution in [2.45, 2.75) is 77.5 Å². The minimum Gasteiger partial charge on any atom is -0.393 e. The van der Waals surface area contributed by atoms with Crippen molar-refractivity contribution in [2.24, 2.45) is 0 Å². The fourth-order valence-electron chi connectivity index (χ4n) is 2.57. The molecular formula is C13H27NO. The van der Waals surface area contributed by atoms with E-state index in [0.717, 1.165) is 12.8 Å². The van der Waals surface area contributed by atoms with Gasteiger partial charge in [0.25, 0.3) is 0 Å². The molecular weight excluding hydrogens is 186 g/mol. The number of rotatable bonds is 6. The van der Waals surface area contributed by atoms with E-state index in [1.807, 2.05) is 0 Å². The molecule has 0 saturated heterocycles. The van der Waals surface area contributed by atoms with Gasteiger partial charge in [0.1, 0.15) is 0 Å². The Morgan fingerprint density at radius 2 is 2.07 bits per heavy atom. The second-order valence-corrected chi connectivity index (χ2v) is 4.97. The number of hydrogen-bond acceptors (Lipinski definition) is 2. The van der Waals surface area contributed by atoms with E-state index in [4.69, 9.17) is 0 Å². The Bertz CT molecular complexity index is 172. The predicted molar refractivity (Wildman–Crippen MR) is 65.0 cm³/mol. The Balaban J connectivity index is 2.47. The van der Waals surface area contributed by atoms with Crippen LogP contribution in [0.5, 0.6) is 0 Å². The minimum absolute atomic E-state index is 0.0387. The Hall–Kier alpha value is -0.0800. The molecule has 0 aliphatic heterocycles. The van der Waals surface area contributed by atoms with Crippen molar-refractivity contribution in [2.75, 3.05) is 6.54 Å². The van der Waals surface area contributed by atoms with Crippen molar-refractivity contribution >= 4 is 0 Å². The molecule has 0 heterocycles. The van der Waals surface area contributed by atoms with E-state index in [2.05, 4.69) is 25.7 Å². The van der Waals surface area contributed by atoms with Crippen LogP contribution in [0.3, 0.4) is 0 Å². The lowest BCUT2D eigenvalue weighted by atomic mass is 10.1. The smallest absolute Gasteiger partial charge is 0.0555 e. The number of hydrogen-bond donors (Lipinski definition) is 1. The molecule has 1 saturated carbocycles. The van der Waals surface area contributed by atoms with Gasteiger partial charge in [-0.05, 0) is 45.6 Å². The summed E-state index contributed by atoms with van der Waals surface area (Å²) in [5.41, 5.74) is 0. The van der Waals surface area contributed by atoms with Crippen LogP contribution < -0.4 is 0 Å². The summed E-state index contributed by atoms with van der Waals surface area (Å²) in [6.07, 6.45) is 6.92. The molecule has 15 heavy (non-hydrogen) atoms. The van der Waals surface area contributed by atoms with E-state index in [0.29, 0.717) is 12.1 Å². The first-order valence-corrected chi connectivity index (χ1v) is 6.62. The third kappa shape index (κ3) is 3.76. The quantitative estimate of drug-likeness (QED) is 0.733. The van der Waals surface area contributed by atoms with Gasteiger partial charge in [-0.15, -0.1) is 0 Å². The maximum Gasteiger partial charge on any atom is 0.0555 e. The van der Waals surface area contributed by atoms with Crippen LogP contribution in [0.4, 0.5) is 0 Å². The molecule has 0 aromatic rings. The van der Waals surface area contributed by atoms with Gasteiger partial charge in [-0.25, -0.2) is 0 Å². The molecule has 1 aliphatic carbocycles. The third-order valence-corrected chi connectivity index (χ3v) is 3.77. The zero-order valence-electron chi connectivity index (χ0n) is 10.6. The summed E-state index contributed by atoms with van der Waals surface area (Å²) in [4.78, 5) is 2.62. The zero-order chi connectivity index (χ0) is 11.3. The van der Waals surface area contributed by atoms with Crippen LogP contribution >= 0.6 is 0 Å². The summed E-state index contributed by atoms with van der Waals surface area (Å²) in [5, 5.41) is 9.60. The Kier molecular flexibility index (Phi) is 5.62. The van der Waals surface area contributed by atoms with E-state index in [1.165, 1.54) is 32.2 Å². The average molecular weight is 213 g/mol. The van der Waals surface area contributed by atoms with E-state index in [9.17, 15) is 5.11 Å². The molecule has 0 bridgehead atoms. The molecule has 1 rings (SSSR count). The van der Waals surface area contributed by atoms with E-state index >= 15 is 0 Å². The van der Waals surface area contributed by atoms with Crippen molar-refractivity contribution in [3.05, 3.63) is 0 Å². The molecule has 2 nitrogen and oxygen atoms in total. The summed E-state index contributed by atoms with van der Waals surface area (Å²) in [6.45, 7) is 8.04. The first kappa shape index (κ1) is 13.0. The van der Waals surface area contributed by atoms with Crippen molar-refractivity contribution in [1.82, 2.24) is 4.90 Å². The standard InChI is InChI=1S/C13H27NO/c1-4-6-9-14(11(3)5-2)12-7-8-13(15)10-12/h11-13,15H,4-10H2,1-3H3. The summed E-state index contributed by atoms with van der Waals surface area (Å²) >= 11 is 0. The molecule has 2 heteroatoms. The molecule has 0 aromatic heterocycles. The van der Waals surface area contributed by atoms with Gasteiger partial charge in [0.2, 0.25) is 0 Å². The molecule has 3 atom stereocenters. The molecule has 0 radical (unpaired) electrons. The molecule has 1 aliphatic rings. The molecule has 1 fully saturated rings. The van der Waals surface area contributed by atoms with Crippen LogP contribution in [0.1, 0.15) is 59.3 Å². The van der Waals surface area contributed by atoms with Gasteiger partial charge in [-0.1, -0.05) is 20.3 Å². The molecule has 0 aromatic carbocycles. The van der Waals surface area contributed by atoms with E-state index in [1.54, 1.807) is 0 Å². The molecule has 0 amide bonds. The van der Waals surface area contributed by atoms with E-state index in [-0.39, 0.29) is 6.10 Å². The van der Waals surface area contributed by atoms with Crippen molar-refractivity contribution in [3.8, 4) is 0 Å². The van der Waals surface area contributed by atoms with Gasteiger partial charge >= 0.3 is 0 Å². The van der Waals surface area contributed by atoms with Crippen molar-refractivity contribution < 1.29 is 5.11 Å². The highest BCUT2D eigenvalue weighted by atomic mass is 16.3. The predicted octanol–water partition coefficient (Wildman–Crippen LogP) is 2.80. The highest BCUT2D eigenvalue weighted by molar-refractivity contribution is 4.84. The highest BCUT2D eigenvalue weighted by Gasteiger charge is 2.29. The van der Waals surface area contributed by atoms with Gasteiger partial charge in [-0.2, -0.15) is 0 Å². The first-order valence-electron chi connectivity index (χ1n) is 6.62. The summed E-state index contributed by atoms with van der Waals surface area (Å²) in [6, 6.07) is 1.31. The average Bonchev–Trinajstić information content (AvgIpc) is 2.65. The maximum atomic E-state index is 9.60. The Labute approximate surface area is 94.7 Å². The van der Waals surface area contributed by atoms with Gasteiger partial charge < -0.3 is 5.11 Å². The summed E-state index contributed by atoms with van der Waals surface area (Å²) in [7, 11) is 0. The van der Waals surface area contributed by atoms with Crippen LogP contribution in [-0.4, -0.2) is 34.7 Å². The van der Waals surface area contributed by atoms with Crippen molar-refractivity contribution in [3.63, 3.8) is 0 Å². The second kappa shape index (κ2) is 6.49.